The van der Waals surface area contributed by atoms with E-state index in [9.17, 15) is 14.0 Å². The number of rotatable bonds is 2. The van der Waals surface area contributed by atoms with Crippen molar-refractivity contribution >= 4 is 22.5 Å². The summed E-state index contributed by atoms with van der Waals surface area (Å²) in [6, 6.07) is 12.5. The summed E-state index contributed by atoms with van der Waals surface area (Å²) in [7, 11) is 0. The van der Waals surface area contributed by atoms with Crippen molar-refractivity contribution in [2.75, 3.05) is 5.73 Å². The Morgan fingerprint density at radius 3 is 2.52 bits per heavy atom. The molecule has 1 aromatic heterocycles. The summed E-state index contributed by atoms with van der Waals surface area (Å²) in [5.41, 5.74) is 7.49. The normalized spacial score (nSPS) is 10.9. The van der Waals surface area contributed by atoms with E-state index in [-0.39, 0.29) is 23.7 Å². The van der Waals surface area contributed by atoms with Crippen molar-refractivity contribution in [3.8, 4) is 0 Å². The molecule has 3 aromatic rings. The van der Waals surface area contributed by atoms with Crippen LogP contribution in [0.2, 0.25) is 0 Å². The number of carbonyl (C=O) groups is 1. The van der Waals surface area contributed by atoms with E-state index in [1.165, 1.54) is 24.3 Å². The topological polar surface area (TPSA) is 65.1 Å². The van der Waals surface area contributed by atoms with Crippen molar-refractivity contribution in [1.29, 1.82) is 0 Å². The van der Waals surface area contributed by atoms with Crippen molar-refractivity contribution in [1.82, 2.24) is 4.57 Å². The molecule has 0 fully saturated rings. The van der Waals surface area contributed by atoms with E-state index in [1.807, 2.05) is 0 Å². The second kappa shape index (κ2) is 5.68. The van der Waals surface area contributed by atoms with Gasteiger partial charge in [0.2, 0.25) is 5.91 Å². The Hall–Kier alpha value is -2.95. The molecule has 116 valence electrons. The van der Waals surface area contributed by atoms with Gasteiger partial charge in [-0.1, -0.05) is 18.2 Å². The molecule has 23 heavy (non-hydrogen) atoms. The standard InChI is InChI=1S/C18H15FN2O2/c1-11-8-13-4-7-15(20)10-16(13)21(18(11)23)17(22)9-12-2-5-14(19)6-3-12/h2-8,10H,9,20H2,1H3. The summed E-state index contributed by atoms with van der Waals surface area (Å²) in [6.45, 7) is 1.67. The maximum absolute atomic E-state index is 13.0. The van der Waals surface area contributed by atoms with Gasteiger partial charge < -0.3 is 5.73 Å². The van der Waals surface area contributed by atoms with E-state index in [4.69, 9.17) is 5.73 Å². The quantitative estimate of drug-likeness (QED) is 0.740. The molecule has 0 saturated heterocycles. The van der Waals surface area contributed by atoms with Crippen LogP contribution in [0, 0.1) is 12.7 Å². The lowest BCUT2D eigenvalue weighted by atomic mass is 10.1. The summed E-state index contributed by atoms with van der Waals surface area (Å²) in [5.74, 6) is -0.743. The molecule has 2 N–H and O–H groups in total. The average molecular weight is 310 g/mol. The molecule has 2 aromatic carbocycles. The Kier molecular flexibility index (Phi) is 3.70. The van der Waals surface area contributed by atoms with Crippen LogP contribution < -0.4 is 11.3 Å². The molecule has 0 atom stereocenters. The van der Waals surface area contributed by atoms with Crippen LogP contribution in [0.25, 0.3) is 10.9 Å². The number of pyridine rings is 1. The Bertz CT molecular complexity index is 959. The fraction of sp³-hybridized carbons (Fsp3) is 0.111. The van der Waals surface area contributed by atoms with Crippen molar-refractivity contribution in [3.05, 3.63) is 75.8 Å². The number of hydrogen-bond acceptors (Lipinski definition) is 3. The average Bonchev–Trinajstić information content (AvgIpc) is 2.51. The number of benzene rings is 2. The summed E-state index contributed by atoms with van der Waals surface area (Å²) < 4.78 is 14.1. The molecule has 0 saturated carbocycles. The minimum Gasteiger partial charge on any atom is -0.399 e. The van der Waals surface area contributed by atoms with Gasteiger partial charge in [-0.3, -0.25) is 9.59 Å². The first-order valence-corrected chi connectivity index (χ1v) is 7.15. The molecule has 0 amide bonds. The number of hydrogen-bond donors (Lipinski definition) is 1. The molecular formula is C18H15FN2O2. The summed E-state index contributed by atoms with van der Waals surface area (Å²) in [6.07, 6.45) is 0.00748. The van der Waals surface area contributed by atoms with Gasteiger partial charge in [-0.2, -0.15) is 0 Å². The Morgan fingerprint density at radius 2 is 1.83 bits per heavy atom. The molecule has 0 radical (unpaired) electrons. The lowest BCUT2D eigenvalue weighted by molar-refractivity contribution is 0.0915. The van der Waals surface area contributed by atoms with E-state index in [0.29, 0.717) is 22.3 Å². The fourth-order valence-electron chi connectivity index (χ4n) is 2.56. The van der Waals surface area contributed by atoms with Gasteiger partial charge in [0, 0.05) is 11.3 Å². The number of fused-ring (bicyclic) bond motifs is 1. The number of aryl methyl sites for hydroxylation is 1. The molecule has 0 aliphatic rings. The van der Waals surface area contributed by atoms with E-state index < -0.39 is 0 Å². The highest BCUT2D eigenvalue weighted by Gasteiger charge is 2.14. The number of carbonyl (C=O) groups excluding carboxylic acids is 1. The van der Waals surface area contributed by atoms with E-state index >= 15 is 0 Å². The van der Waals surface area contributed by atoms with Gasteiger partial charge in [0.05, 0.1) is 11.9 Å². The minimum absolute atomic E-state index is 0.00748. The fourth-order valence-corrected chi connectivity index (χ4v) is 2.56. The van der Waals surface area contributed by atoms with Crippen LogP contribution in [0.15, 0.2) is 53.3 Å². The lowest BCUT2D eigenvalue weighted by Crippen LogP contribution is -2.29. The third-order valence-electron chi connectivity index (χ3n) is 3.73. The molecule has 0 aliphatic carbocycles. The van der Waals surface area contributed by atoms with Crippen LogP contribution >= 0.6 is 0 Å². The third-order valence-corrected chi connectivity index (χ3v) is 3.73. The van der Waals surface area contributed by atoms with Crippen LogP contribution in [0.5, 0.6) is 0 Å². The van der Waals surface area contributed by atoms with E-state index in [1.54, 1.807) is 31.2 Å². The van der Waals surface area contributed by atoms with Crippen LogP contribution in [0.4, 0.5) is 10.1 Å². The summed E-state index contributed by atoms with van der Waals surface area (Å²) in [5, 5.41) is 0.767. The van der Waals surface area contributed by atoms with Gasteiger partial charge >= 0.3 is 0 Å². The molecule has 0 bridgehead atoms. The molecule has 4 nitrogen and oxygen atoms in total. The van der Waals surface area contributed by atoms with Gasteiger partial charge in [-0.05, 0) is 48.2 Å². The highest BCUT2D eigenvalue weighted by Crippen LogP contribution is 2.18. The first-order valence-electron chi connectivity index (χ1n) is 7.15. The van der Waals surface area contributed by atoms with Crippen LogP contribution in [0.1, 0.15) is 15.9 Å². The molecular weight excluding hydrogens is 295 g/mol. The molecule has 1 heterocycles. The number of halogens is 1. The summed E-state index contributed by atoms with van der Waals surface area (Å²) >= 11 is 0. The van der Waals surface area contributed by atoms with Crippen LogP contribution in [0.3, 0.4) is 0 Å². The number of anilines is 1. The van der Waals surface area contributed by atoms with Crippen molar-refractivity contribution in [2.24, 2.45) is 0 Å². The van der Waals surface area contributed by atoms with Gasteiger partial charge in [0.15, 0.2) is 0 Å². The first-order chi connectivity index (χ1) is 11.0. The largest absolute Gasteiger partial charge is 0.399 e. The number of nitrogens with two attached hydrogens (primary N) is 1. The van der Waals surface area contributed by atoms with Gasteiger partial charge in [-0.15, -0.1) is 0 Å². The lowest BCUT2D eigenvalue weighted by Gasteiger charge is -2.11. The first kappa shape index (κ1) is 15.0. The van der Waals surface area contributed by atoms with Crippen LogP contribution in [-0.4, -0.2) is 10.5 Å². The zero-order chi connectivity index (χ0) is 16.6. The monoisotopic (exact) mass is 310 g/mol. The van der Waals surface area contributed by atoms with E-state index in [2.05, 4.69) is 0 Å². The third kappa shape index (κ3) is 2.85. The molecule has 3 rings (SSSR count). The smallest absolute Gasteiger partial charge is 0.260 e. The zero-order valence-corrected chi connectivity index (χ0v) is 12.5. The van der Waals surface area contributed by atoms with E-state index in [0.717, 1.165) is 9.95 Å². The Labute approximate surface area is 132 Å². The number of aromatic nitrogens is 1. The van der Waals surface area contributed by atoms with Crippen molar-refractivity contribution < 1.29 is 9.18 Å². The van der Waals surface area contributed by atoms with Crippen LogP contribution in [-0.2, 0) is 6.42 Å². The zero-order valence-electron chi connectivity index (χ0n) is 12.5. The predicted octanol–water partition coefficient (Wildman–Crippen LogP) is 2.91. The second-order valence-corrected chi connectivity index (χ2v) is 5.48. The molecule has 0 unspecified atom stereocenters. The van der Waals surface area contributed by atoms with Crippen molar-refractivity contribution in [2.45, 2.75) is 13.3 Å². The molecule has 0 aliphatic heterocycles. The maximum atomic E-state index is 13.0. The highest BCUT2D eigenvalue weighted by molar-refractivity contribution is 5.93. The predicted molar refractivity (Wildman–Crippen MR) is 88.1 cm³/mol. The second-order valence-electron chi connectivity index (χ2n) is 5.48. The SMILES string of the molecule is Cc1cc2ccc(N)cc2n(C(=O)Cc2ccc(F)cc2)c1=O. The molecule has 0 spiro atoms. The number of nitrogen functional groups attached to an aromatic ring is 1. The van der Waals surface area contributed by atoms with Gasteiger partial charge in [0.25, 0.3) is 5.56 Å². The highest BCUT2D eigenvalue weighted by atomic mass is 19.1. The Morgan fingerprint density at radius 1 is 1.13 bits per heavy atom. The van der Waals surface area contributed by atoms with Gasteiger partial charge in [-0.25, -0.2) is 8.96 Å². The van der Waals surface area contributed by atoms with Gasteiger partial charge in [0.1, 0.15) is 5.82 Å². The number of nitrogens with zero attached hydrogens (tertiary/aromatic N) is 1. The Balaban J connectivity index is 2.12. The molecule has 5 heteroatoms. The maximum Gasteiger partial charge on any atom is 0.260 e. The van der Waals surface area contributed by atoms with Crippen molar-refractivity contribution in [3.63, 3.8) is 0 Å². The summed E-state index contributed by atoms with van der Waals surface area (Å²) in [4.78, 5) is 25.0. The minimum atomic E-state index is -0.374.